The van der Waals surface area contributed by atoms with Gasteiger partial charge in [-0.05, 0) is 19.1 Å². The molecule has 0 amide bonds. The van der Waals surface area contributed by atoms with Crippen molar-refractivity contribution in [3.05, 3.63) is 59.2 Å². The maximum atomic E-state index is 12.1. The van der Waals surface area contributed by atoms with E-state index in [1.165, 1.54) is 41.9 Å². The summed E-state index contributed by atoms with van der Waals surface area (Å²) in [6.45, 7) is 2.07. The molecule has 0 aliphatic heterocycles. The highest BCUT2D eigenvalue weighted by Gasteiger charge is 2.17. The van der Waals surface area contributed by atoms with Crippen LogP contribution in [0.4, 0.5) is 0 Å². The molecule has 0 atom stereocenters. The van der Waals surface area contributed by atoms with Crippen LogP contribution in [0.1, 0.15) is 11.3 Å². The summed E-state index contributed by atoms with van der Waals surface area (Å²) in [5, 5.41) is 3.82. The summed E-state index contributed by atoms with van der Waals surface area (Å²) in [6.07, 6.45) is 1.40. The Kier molecular flexibility index (Phi) is 5.76. The average Bonchev–Trinajstić information content (AvgIpc) is 3.10. The summed E-state index contributed by atoms with van der Waals surface area (Å²) < 4.78 is 25.3. The van der Waals surface area contributed by atoms with Crippen molar-refractivity contribution >= 4 is 33.1 Å². The highest BCUT2D eigenvalue weighted by molar-refractivity contribution is 7.98. The van der Waals surface area contributed by atoms with Crippen molar-refractivity contribution in [1.29, 1.82) is 0 Å². The van der Waals surface area contributed by atoms with Crippen LogP contribution in [0, 0.1) is 6.92 Å². The number of nitrogens with zero attached hydrogens (tertiary/aromatic N) is 3. The normalized spacial score (nSPS) is 11.8. The molecule has 2 aromatic heterocycles. The van der Waals surface area contributed by atoms with E-state index in [0.717, 1.165) is 21.3 Å². The molecule has 136 valence electrons. The van der Waals surface area contributed by atoms with Gasteiger partial charge in [-0.1, -0.05) is 29.8 Å². The topological polar surface area (TPSA) is 63.2 Å². The van der Waals surface area contributed by atoms with Gasteiger partial charge in [0.15, 0.2) is 0 Å². The van der Waals surface area contributed by atoms with E-state index in [-0.39, 0.29) is 4.90 Å². The fourth-order valence-corrected chi connectivity index (χ4v) is 4.68. The number of sulfonamides is 1. The van der Waals surface area contributed by atoms with Gasteiger partial charge in [-0.2, -0.15) is 0 Å². The Morgan fingerprint density at radius 3 is 2.46 bits per heavy atom. The molecule has 0 saturated carbocycles. The van der Waals surface area contributed by atoms with E-state index < -0.39 is 10.0 Å². The molecule has 0 aliphatic carbocycles. The second-order valence-corrected chi connectivity index (χ2v) is 9.92. The van der Waals surface area contributed by atoms with Gasteiger partial charge in [0.05, 0.1) is 10.7 Å². The number of benzene rings is 1. The van der Waals surface area contributed by atoms with Crippen LogP contribution in [0.25, 0.3) is 10.6 Å². The first-order valence-electron chi connectivity index (χ1n) is 7.89. The Morgan fingerprint density at radius 2 is 1.85 bits per heavy atom. The van der Waals surface area contributed by atoms with Crippen molar-refractivity contribution in [2.75, 3.05) is 14.1 Å². The van der Waals surface area contributed by atoms with Crippen molar-refractivity contribution in [2.45, 2.75) is 22.6 Å². The molecule has 2 heterocycles. The number of rotatable bonds is 6. The molecule has 0 unspecified atom stereocenters. The van der Waals surface area contributed by atoms with E-state index in [1.54, 1.807) is 23.5 Å². The third-order valence-corrected chi connectivity index (χ3v) is 7.42. The predicted molar refractivity (Wildman–Crippen MR) is 107 cm³/mol. The third kappa shape index (κ3) is 4.32. The number of hydrogen-bond acceptors (Lipinski definition) is 6. The smallest absolute Gasteiger partial charge is 0.244 e. The molecule has 8 heteroatoms. The van der Waals surface area contributed by atoms with Crippen LogP contribution in [0.5, 0.6) is 0 Å². The number of aromatic nitrogens is 2. The molecular formula is C18H19N3O2S3. The van der Waals surface area contributed by atoms with Crippen LogP contribution in [0.15, 0.2) is 57.9 Å². The minimum Gasteiger partial charge on any atom is -0.249 e. The number of thioether (sulfide) groups is 1. The van der Waals surface area contributed by atoms with E-state index in [2.05, 4.69) is 41.2 Å². The largest absolute Gasteiger partial charge is 0.249 e. The molecule has 0 saturated heterocycles. The summed E-state index contributed by atoms with van der Waals surface area (Å²) in [6, 6.07) is 11.6. The van der Waals surface area contributed by atoms with Crippen LogP contribution in [0.3, 0.4) is 0 Å². The first-order chi connectivity index (χ1) is 12.4. The lowest BCUT2D eigenvalue weighted by atomic mass is 10.2. The molecule has 0 spiro atoms. The van der Waals surface area contributed by atoms with Crippen molar-refractivity contribution in [3.8, 4) is 10.6 Å². The lowest BCUT2D eigenvalue weighted by molar-refractivity contribution is 0.520. The zero-order chi connectivity index (χ0) is 18.7. The van der Waals surface area contributed by atoms with Crippen LogP contribution in [-0.4, -0.2) is 36.8 Å². The Bertz CT molecular complexity index is 979. The SMILES string of the molecule is Cc1ccc(-c2nc(CSc3ccc(S(=O)(=O)N(C)C)cn3)cs2)cc1. The Labute approximate surface area is 162 Å². The first-order valence-corrected chi connectivity index (χ1v) is 11.2. The molecule has 0 aliphatic rings. The van der Waals surface area contributed by atoms with E-state index in [4.69, 9.17) is 0 Å². The first kappa shape index (κ1) is 19.0. The van der Waals surface area contributed by atoms with Crippen LogP contribution < -0.4 is 0 Å². The molecule has 0 radical (unpaired) electrons. The van der Waals surface area contributed by atoms with Gasteiger partial charge in [0.25, 0.3) is 0 Å². The van der Waals surface area contributed by atoms with E-state index in [0.29, 0.717) is 5.75 Å². The van der Waals surface area contributed by atoms with Gasteiger partial charge in [-0.3, -0.25) is 0 Å². The van der Waals surface area contributed by atoms with Crippen molar-refractivity contribution < 1.29 is 8.42 Å². The lowest BCUT2D eigenvalue weighted by Crippen LogP contribution is -2.22. The van der Waals surface area contributed by atoms with E-state index in [9.17, 15) is 8.42 Å². The average molecular weight is 406 g/mol. The fourth-order valence-electron chi connectivity index (χ4n) is 2.17. The highest BCUT2D eigenvalue weighted by Crippen LogP contribution is 2.28. The van der Waals surface area contributed by atoms with Gasteiger partial charge in [-0.15, -0.1) is 23.1 Å². The summed E-state index contributed by atoms with van der Waals surface area (Å²) in [5.41, 5.74) is 3.34. The van der Waals surface area contributed by atoms with Gasteiger partial charge < -0.3 is 0 Å². The second-order valence-electron chi connectivity index (χ2n) is 5.92. The number of aryl methyl sites for hydroxylation is 1. The summed E-state index contributed by atoms with van der Waals surface area (Å²) >= 11 is 3.16. The van der Waals surface area contributed by atoms with Crippen molar-refractivity contribution in [1.82, 2.24) is 14.3 Å². The monoisotopic (exact) mass is 405 g/mol. The number of pyridine rings is 1. The zero-order valence-corrected chi connectivity index (χ0v) is 17.2. The van der Waals surface area contributed by atoms with Gasteiger partial charge in [-0.25, -0.2) is 22.7 Å². The van der Waals surface area contributed by atoms with Crippen LogP contribution in [0.2, 0.25) is 0 Å². The highest BCUT2D eigenvalue weighted by atomic mass is 32.2. The Morgan fingerprint density at radius 1 is 1.12 bits per heavy atom. The molecule has 0 N–H and O–H groups in total. The van der Waals surface area contributed by atoms with Gasteiger partial charge >= 0.3 is 0 Å². The third-order valence-electron chi connectivity index (χ3n) is 3.71. The van der Waals surface area contributed by atoms with E-state index in [1.807, 2.05) is 5.38 Å². The Balaban J connectivity index is 1.65. The molecule has 3 aromatic rings. The molecule has 0 fully saturated rings. The molecule has 5 nitrogen and oxygen atoms in total. The standard InChI is InChI=1S/C18H19N3O2S3/c1-13-4-6-14(7-5-13)18-20-15(12-25-18)11-24-17-9-8-16(10-19-17)26(22,23)21(2)3/h4-10,12H,11H2,1-3H3. The summed E-state index contributed by atoms with van der Waals surface area (Å²) in [5.74, 6) is 0.690. The fraction of sp³-hybridized carbons (Fsp3) is 0.222. The van der Waals surface area contributed by atoms with Crippen molar-refractivity contribution in [2.24, 2.45) is 0 Å². The number of thiazole rings is 1. The van der Waals surface area contributed by atoms with Crippen LogP contribution >= 0.6 is 23.1 Å². The maximum Gasteiger partial charge on any atom is 0.244 e. The lowest BCUT2D eigenvalue weighted by Gasteiger charge is -2.10. The number of hydrogen-bond donors (Lipinski definition) is 0. The molecule has 3 rings (SSSR count). The van der Waals surface area contributed by atoms with Gasteiger partial charge in [0, 0.05) is 37.0 Å². The minimum atomic E-state index is -3.44. The molecule has 1 aromatic carbocycles. The molecule has 26 heavy (non-hydrogen) atoms. The van der Waals surface area contributed by atoms with Crippen LogP contribution in [-0.2, 0) is 15.8 Å². The maximum absolute atomic E-state index is 12.1. The van der Waals surface area contributed by atoms with Gasteiger partial charge in [0.2, 0.25) is 10.0 Å². The minimum absolute atomic E-state index is 0.196. The van der Waals surface area contributed by atoms with E-state index >= 15 is 0 Å². The summed E-state index contributed by atoms with van der Waals surface area (Å²) in [7, 11) is -0.429. The predicted octanol–water partition coefficient (Wildman–Crippen LogP) is 4.06. The Hall–Kier alpha value is -1.74. The second kappa shape index (κ2) is 7.87. The quantitative estimate of drug-likeness (QED) is 0.579. The van der Waals surface area contributed by atoms with Crippen molar-refractivity contribution in [3.63, 3.8) is 0 Å². The zero-order valence-electron chi connectivity index (χ0n) is 14.7. The van der Waals surface area contributed by atoms with Gasteiger partial charge in [0.1, 0.15) is 9.90 Å². The molecular weight excluding hydrogens is 386 g/mol. The summed E-state index contributed by atoms with van der Waals surface area (Å²) in [4.78, 5) is 9.12. The molecule has 0 bridgehead atoms.